The summed E-state index contributed by atoms with van der Waals surface area (Å²) in [6.07, 6.45) is 8.97. The summed E-state index contributed by atoms with van der Waals surface area (Å²) in [5.74, 6) is 2.09. The van der Waals surface area contributed by atoms with Gasteiger partial charge in [-0.15, -0.1) is 11.3 Å². The topological polar surface area (TPSA) is 80.2 Å². The highest BCUT2D eigenvalue weighted by Crippen LogP contribution is 2.40. The van der Waals surface area contributed by atoms with Gasteiger partial charge in [-0.05, 0) is 55.9 Å². The Morgan fingerprint density at radius 1 is 1.17 bits per heavy atom. The number of nitrogens with zero attached hydrogens (tertiary/aromatic N) is 4. The van der Waals surface area contributed by atoms with Crippen LogP contribution in [0.4, 0.5) is 16.4 Å². The maximum absolute atomic E-state index is 12.4. The molecule has 2 aliphatic rings. The number of nitrogens with one attached hydrogen (secondary N) is 1. The molecule has 0 atom stereocenters. The zero-order chi connectivity index (χ0) is 20.4. The molecule has 1 aliphatic heterocycles. The van der Waals surface area contributed by atoms with Crippen LogP contribution in [0.3, 0.4) is 0 Å². The van der Waals surface area contributed by atoms with Crippen LogP contribution >= 0.6 is 11.3 Å². The maximum atomic E-state index is 12.4. The van der Waals surface area contributed by atoms with Crippen LogP contribution in [0.25, 0.3) is 10.4 Å². The molecule has 1 saturated heterocycles. The van der Waals surface area contributed by atoms with Crippen molar-refractivity contribution in [2.45, 2.75) is 31.3 Å². The highest BCUT2D eigenvalue weighted by atomic mass is 32.1. The highest BCUT2D eigenvalue weighted by molar-refractivity contribution is 7.13. The Labute approximate surface area is 179 Å². The van der Waals surface area contributed by atoms with E-state index in [2.05, 4.69) is 26.3 Å². The van der Waals surface area contributed by atoms with Gasteiger partial charge in [0.05, 0.1) is 16.9 Å². The van der Waals surface area contributed by atoms with E-state index in [-0.39, 0.29) is 11.7 Å². The molecular weight excluding hydrogens is 398 g/mol. The summed E-state index contributed by atoms with van der Waals surface area (Å²) in [4.78, 5) is 28.1. The van der Waals surface area contributed by atoms with Gasteiger partial charge in [0.1, 0.15) is 17.2 Å². The van der Waals surface area contributed by atoms with Crippen LogP contribution in [-0.4, -0.2) is 39.7 Å². The smallest absolute Gasteiger partial charge is 0.416 e. The van der Waals surface area contributed by atoms with Gasteiger partial charge in [0, 0.05) is 30.7 Å². The van der Waals surface area contributed by atoms with Crippen LogP contribution in [0.15, 0.2) is 54.4 Å². The summed E-state index contributed by atoms with van der Waals surface area (Å²) in [7, 11) is 0. The first-order valence-electron chi connectivity index (χ1n) is 10.2. The first-order chi connectivity index (χ1) is 14.7. The lowest BCUT2D eigenvalue weighted by Crippen LogP contribution is -2.39. The Balaban J connectivity index is 1.14. The Hall–Kier alpha value is -3.00. The van der Waals surface area contributed by atoms with E-state index in [4.69, 9.17) is 4.74 Å². The van der Waals surface area contributed by atoms with Crippen molar-refractivity contribution < 1.29 is 9.53 Å². The molecule has 3 aromatic heterocycles. The third-order valence-electron chi connectivity index (χ3n) is 5.96. The number of thiazole rings is 1. The molecule has 0 aromatic carbocycles. The molecule has 0 radical (unpaired) electrons. The summed E-state index contributed by atoms with van der Waals surface area (Å²) < 4.78 is 5.83. The summed E-state index contributed by atoms with van der Waals surface area (Å²) in [5.41, 5.74) is 2.54. The van der Waals surface area contributed by atoms with Crippen LogP contribution in [0.5, 0.6) is 0 Å². The third-order valence-corrected chi connectivity index (χ3v) is 6.79. The van der Waals surface area contributed by atoms with Gasteiger partial charge in [-0.1, -0.05) is 6.07 Å². The van der Waals surface area contributed by atoms with Gasteiger partial charge >= 0.3 is 6.09 Å². The minimum absolute atomic E-state index is 0.282. The second kappa shape index (κ2) is 8.02. The molecule has 1 N–H and O–H groups in total. The normalized spacial score (nSPS) is 23.5. The van der Waals surface area contributed by atoms with E-state index in [0.29, 0.717) is 18.3 Å². The summed E-state index contributed by atoms with van der Waals surface area (Å²) in [6.45, 7) is 1.46. The number of hydrogen-bond donors (Lipinski definition) is 1. The number of hydrogen-bond acceptors (Lipinski definition) is 7. The van der Waals surface area contributed by atoms with Crippen molar-refractivity contribution in [3.63, 3.8) is 0 Å². The molecular formula is C22H23N5O2S. The van der Waals surface area contributed by atoms with Gasteiger partial charge in [0.25, 0.3) is 0 Å². The van der Waals surface area contributed by atoms with E-state index in [0.717, 1.165) is 48.5 Å². The fraction of sp³-hybridized carbons (Fsp3) is 0.364. The van der Waals surface area contributed by atoms with Gasteiger partial charge in [-0.2, -0.15) is 0 Å². The van der Waals surface area contributed by atoms with Crippen molar-refractivity contribution >= 4 is 29.1 Å². The Kier molecular flexibility index (Phi) is 5.08. The molecule has 1 saturated carbocycles. The summed E-state index contributed by atoms with van der Waals surface area (Å²) in [5, 5.41) is 3.46. The first-order valence-corrected chi connectivity index (χ1v) is 11.1. The van der Waals surface area contributed by atoms with Crippen LogP contribution in [0.2, 0.25) is 0 Å². The van der Waals surface area contributed by atoms with Crippen molar-refractivity contribution in [2.75, 3.05) is 23.3 Å². The van der Waals surface area contributed by atoms with Crippen LogP contribution in [0, 0.1) is 5.92 Å². The molecule has 1 spiro atoms. The number of amides is 1. The molecule has 4 heterocycles. The van der Waals surface area contributed by atoms with Gasteiger partial charge in [0.15, 0.2) is 0 Å². The highest BCUT2D eigenvalue weighted by Gasteiger charge is 2.47. The fourth-order valence-electron chi connectivity index (χ4n) is 4.23. The van der Waals surface area contributed by atoms with Gasteiger partial charge < -0.3 is 10.1 Å². The van der Waals surface area contributed by atoms with Gasteiger partial charge in [-0.3, -0.25) is 9.88 Å². The van der Waals surface area contributed by atoms with Gasteiger partial charge in [-0.25, -0.2) is 14.8 Å². The Morgan fingerprint density at radius 2 is 2.07 bits per heavy atom. The number of anilines is 2. The molecule has 3 aromatic rings. The lowest BCUT2D eigenvalue weighted by molar-refractivity contribution is 0.0148. The van der Waals surface area contributed by atoms with Crippen LogP contribution in [0.1, 0.15) is 25.7 Å². The Morgan fingerprint density at radius 3 is 2.77 bits per heavy atom. The Bertz CT molecular complexity index is 986. The standard InChI is InChI=1S/C22H23N5O2S/c28-21-27(20-3-1-2-10-24-20)14-22(29-21)8-6-16(7-9-22)11-25-19-5-4-17(12-26-19)18-13-23-15-30-18/h1-5,10,12-13,15-16H,6-9,11,14H2,(H,25,26). The summed E-state index contributed by atoms with van der Waals surface area (Å²) >= 11 is 1.61. The lowest BCUT2D eigenvalue weighted by Gasteiger charge is -2.35. The van der Waals surface area contributed by atoms with Crippen molar-refractivity contribution in [1.29, 1.82) is 0 Å². The molecule has 2 fully saturated rings. The number of aromatic nitrogens is 3. The van der Waals surface area contributed by atoms with E-state index < -0.39 is 0 Å². The van der Waals surface area contributed by atoms with Crippen molar-refractivity contribution in [2.24, 2.45) is 5.92 Å². The number of rotatable bonds is 5. The fourth-order valence-corrected chi connectivity index (χ4v) is 4.85. The van der Waals surface area contributed by atoms with Crippen molar-refractivity contribution in [3.05, 3.63) is 54.4 Å². The second-order valence-corrected chi connectivity index (χ2v) is 8.83. The minimum atomic E-state index is -0.375. The molecule has 7 nitrogen and oxygen atoms in total. The minimum Gasteiger partial charge on any atom is -0.441 e. The molecule has 30 heavy (non-hydrogen) atoms. The average molecular weight is 422 g/mol. The molecule has 8 heteroatoms. The zero-order valence-corrected chi connectivity index (χ0v) is 17.3. The molecule has 0 bridgehead atoms. The first kappa shape index (κ1) is 19.0. The number of carbonyl (C=O) groups is 1. The van der Waals surface area contributed by atoms with Gasteiger partial charge in [0.2, 0.25) is 0 Å². The largest absolute Gasteiger partial charge is 0.441 e. The number of ether oxygens (including phenoxy) is 1. The van der Waals surface area contributed by atoms with E-state index in [1.54, 1.807) is 22.4 Å². The number of carbonyl (C=O) groups excluding carboxylic acids is 1. The second-order valence-electron chi connectivity index (χ2n) is 7.95. The maximum Gasteiger partial charge on any atom is 0.416 e. The van der Waals surface area contributed by atoms with E-state index in [1.165, 1.54) is 0 Å². The van der Waals surface area contributed by atoms with E-state index in [1.807, 2.05) is 42.2 Å². The van der Waals surface area contributed by atoms with E-state index in [9.17, 15) is 4.79 Å². The van der Waals surface area contributed by atoms with E-state index >= 15 is 0 Å². The molecule has 0 unspecified atom stereocenters. The SMILES string of the molecule is O=C1OC2(CCC(CNc3ccc(-c4cncs4)cn3)CC2)CN1c1ccccn1. The lowest BCUT2D eigenvalue weighted by atomic mass is 9.78. The number of pyridine rings is 2. The van der Waals surface area contributed by atoms with Crippen molar-refractivity contribution in [1.82, 2.24) is 15.0 Å². The monoisotopic (exact) mass is 421 g/mol. The average Bonchev–Trinajstić information content (AvgIpc) is 3.43. The third kappa shape index (κ3) is 3.87. The molecule has 1 aliphatic carbocycles. The predicted molar refractivity (Wildman–Crippen MR) is 117 cm³/mol. The molecule has 154 valence electrons. The quantitative estimate of drug-likeness (QED) is 0.649. The van der Waals surface area contributed by atoms with Crippen molar-refractivity contribution in [3.8, 4) is 10.4 Å². The van der Waals surface area contributed by atoms with Crippen LogP contribution < -0.4 is 10.2 Å². The zero-order valence-electron chi connectivity index (χ0n) is 16.5. The molecule has 5 rings (SSSR count). The summed E-state index contributed by atoms with van der Waals surface area (Å²) in [6, 6.07) is 9.68. The van der Waals surface area contributed by atoms with Crippen LogP contribution in [-0.2, 0) is 4.74 Å². The predicted octanol–water partition coefficient (Wildman–Crippen LogP) is 4.60. The molecule has 1 amide bonds.